The molecule has 0 amide bonds. The third-order valence-electron chi connectivity index (χ3n) is 0.926. The first kappa shape index (κ1) is 1.86. The van der Waals surface area contributed by atoms with Gasteiger partial charge in [0.25, 0.3) is 0 Å². The highest BCUT2D eigenvalue weighted by Gasteiger charge is 2.91. The second-order valence-electron chi connectivity index (χ2n) is 1.17. The summed E-state index contributed by atoms with van der Waals surface area (Å²) in [6, 6.07) is 0. The molecule has 0 saturated carbocycles. The minimum Gasteiger partial charge on any atom is 0.172 e. The van der Waals surface area contributed by atoms with Gasteiger partial charge in [-0.2, -0.15) is 0 Å². The van der Waals surface area contributed by atoms with Crippen LogP contribution in [0.2, 0.25) is 0 Å². The van der Waals surface area contributed by atoms with Crippen molar-refractivity contribution in [3.63, 3.8) is 0 Å². The predicted octanol–water partition coefficient (Wildman–Crippen LogP) is 3.18. The molecule has 1 aromatic heterocycles. The second-order valence-corrected chi connectivity index (χ2v) is 31.5. The lowest BCUT2D eigenvalue weighted by Crippen LogP contribution is -0.237. The number of rotatable bonds is 0. The standard InChI is InChI=1S/P4/c1-2-3(1)4(1)2/p+1. The van der Waals surface area contributed by atoms with Gasteiger partial charge >= 0.3 is 0 Å². The van der Waals surface area contributed by atoms with Crippen LogP contribution in [0.3, 0.4) is 0 Å². The van der Waals surface area contributed by atoms with Crippen molar-refractivity contribution >= 4 is 26.7 Å². The SMILES string of the molecule is p12p3p1[PH+]23. The van der Waals surface area contributed by atoms with E-state index in [0.29, 0.717) is 0 Å². The molecule has 0 fully saturated rings. The first-order valence-corrected chi connectivity index (χ1v) is 11.4. The maximum absolute atomic E-state index is 1.11. The molecule has 4 rings (SSSR count). The van der Waals surface area contributed by atoms with Gasteiger partial charge in [-0.1, -0.05) is 0 Å². The van der Waals surface area contributed by atoms with Gasteiger partial charge in [-0.05, 0) is 0 Å². The topological polar surface area (TPSA) is 0 Å². The molecule has 0 aliphatic carbocycles. The fourth-order valence-corrected chi connectivity index (χ4v) is 70.9. The van der Waals surface area contributed by atoms with Crippen LogP contribution in [0.15, 0.2) is 0 Å². The first-order chi connectivity index (χ1) is 2.00. The highest BCUT2D eigenvalue weighted by molar-refractivity contribution is 9.65. The van der Waals surface area contributed by atoms with Gasteiger partial charge in [0.05, 0.1) is 0 Å². The second kappa shape index (κ2) is 0.270. The molecule has 0 saturated heterocycles. The minimum absolute atomic E-state index is 0.815. The van der Waals surface area contributed by atoms with Crippen LogP contribution in [-0.2, 0) is 0 Å². The number of hydrogen-bond donors (Lipinski definition) is 0. The van der Waals surface area contributed by atoms with Gasteiger partial charge in [0.1, 0.15) is 0 Å². The third kappa shape index (κ3) is 0.0602. The van der Waals surface area contributed by atoms with Gasteiger partial charge in [-0.25, -0.2) is 0 Å². The van der Waals surface area contributed by atoms with Crippen LogP contribution in [-0.4, -0.2) is 0 Å². The van der Waals surface area contributed by atoms with Crippen LogP contribution in [0, 0.1) is 0 Å². The van der Waals surface area contributed by atoms with Crippen molar-refractivity contribution in [2.75, 3.05) is 0 Å². The normalized spacial score (nSPS) is 54.0. The van der Waals surface area contributed by atoms with E-state index in [-0.39, 0.29) is 0 Å². The minimum atomic E-state index is 0.815. The molecule has 0 atom stereocenters. The molecule has 20 valence electrons. The Morgan fingerprint density at radius 1 is 1.00 bits per heavy atom. The fraction of sp³-hybridized carbons (Fsp3) is 0. The molecule has 1 aromatic rings. The molecule has 0 N–H and O–H groups in total. The average Bonchev–Trinajstić information content (AvgIpc) is 1.71. The lowest BCUT2D eigenvalue weighted by molar-refractivity contribution is 5.82. The summed E-state index contributed by atoms with van der Waals surface area (Å²) in [6.45, 7) is 4.15. The van der Waals surface area contributed by atoms with Crippen molar-refractivity contribution in [2.24, 2.45) is 0 Å². The molecule has 4 heteroatoms. The molecule has 0 spiro atoms. The Labute approximate surface area is 27.5 Å². The lowest BCUT2D eigenvalue weighted by atomic mass is 29.9. The van der Waals surface area contributed by atoms with Gasteiger partial charge in [0, 0.05) is 0 Å². The maximum Gasteiger partial charge on any atom is 0.177 e. The monoisotopic (exact) mass is 125 g/mol. The van der Waals surface area contributed by atoms with Crippen LogP contribution in [0.25, 0.3) is 0 Å². The summed E-state index contributed by atoms with van der Waals surface area (Å²) in [5, 5.41) is 0. The summed E-state index contributed by atoms with van der Waals surface area (Å²) < 4.78 is 0. The Bertz CT molecular complexity index is 119. The summed E-state index contributed by atoms with van der Waals surface area (Å²) >= 11 is 0. The van der Waals surface area contributed by atoms with E-state index in [1.54, 1.807) is 0 Å². The van der Waals surface area contributed by atoms with Gasteiger partial charge < -0.3 is 0 Å². The molecule has 0 aromatic carbocycles. The van der Waals surface area contributed by atoms with E-state index in [2.05, 4.69) is 0 Å². The molecule has 0 radical (unpaired) electrons. The van der Waals surface area contributed by atoms with Crippen LogP contribution < -0.4 is 0 Å². The largest absolute Gasteiger partial charge is 0.177 e. The first-order valence-electron chi connectivity index (χ1n) is 1.27. The molecule has 3 aliphatic rings. The van der Waals surface area contributed by atoms with E-state index in [1.807, 2.05) is 0 Å². The fourth-order valence-electron chi connectivity index (χ4n) is 0.381. The molecule has 4 heterocycles. The van der Waals surface area contributed by atoms with Gasteiger partial charge in [0.2, 0.25) is 0 Å². The summed E-state index contributed by atoms with van der Waals surface area (Å²) in [7, 11) is 0. The quantitative estimate of drug-likeness (QED) is 0.404. The number of hydrogen-bond acceptors (Lipinski definition) is 0. The third-order valence-corrected chi connectivity index (χ3v) is 54.0. The van der Waals surface area contributed by atoms with Crippen molar-refractivity contribution in [3.8, 4) is 0 Å². The van der Waals surface area contributed by atoms with E-state index < -0.39 is 0 Å². The van der Waals surface area contributed by atoms with Crippen LogP contribution in [0.4, 0.5) is 0 Å². The lowest BCUT2D eigenvalue weighted by Gasteiger charge is -0.925. The van der Waals surface area contributed by atoms with E-state index in [0.717, 1.165) is 26.7 Å². The molecule has 0 unspecified atom stereocenters. The summed E-state index contributed by atoms with van der Waals surface area (Å²) in [4.78, 5) is 0. The molecule has 0 nitrogen and oxygen atoms in total. The maximum atomic E-state index is 1.11. The molecule has 4 heavy (non-hydrogen) atoms. The van der Waals surface area contributed by atoms with Crippen LogP contribution >= 0.6 is 26.7 Å². The van der Waals surface area contributed by atoms with Crippen LogP contribution in [0.1, 0.15) is 0 Å². The van der Waals surface area contributed by atoms with E-state index in [9.17, 15) is 0 Å². The Morgan fingerprint density at radius 2 is 1.25 bits per heavy atom. The van der Waals surface area contributed by atoms with Crippen molar-refractivity contribution in [1.82, 2.24) is 0 Å². The molecule has 0 bridgehead atoms. The zero-order valence-corrected chi connectivity index (χ0v) is 5.52. The highest BCUT2D eigenvalue weighted by atomic mass is 33.7. The Kier molecular flexibility index (Phi) is 0.126. The smallest absolute Gasteiger partial charge is 0.172 e. The van der Waals surface area contributed by atoms with Crippen molar-refractivity contribution in [1.29, 1.82) is 0 Å². The molecular weight excluding hydrogens is 124 g/mol. The van der Waals surface area contributed by atoms with Gasteiger partial charge in [-0.3, -0.25) is 0 Å². The zero-order valence-electron chi connectivity index (χ0n) is 1.84. The Morgan fingerprint density at radius 3 is 1.25 bits per heavy atom. The summed E-state index contributed by atoms with van der Waals surface area (Å²) in [6.07, 6.45) is 0. The molecule has 3 aliphatic heterocycles. The Balaban J connectivity index is 3.63. The predicted molar refractivity (Wildman–Crippen MR) is 29.1 cm³/mol. The van der Waals surface area contributed by atoms with Crippen molar-refractivity contribution in [2.45, 2.75) is 0 Å². The van der Waals surface area contributed by atoms with E-state index in [4.69, 9.17) is 0 Å². The van der Waals surface area contributed by atoms with E-state index in [1.165, 1.54) is 0 Å². The van der Waals surface area contributed by atoms with Crippen molar-refractivity contribution < 1.29 is 0 Å². The average molecular weight is 125 g/mol. The van der Waals surface area contributed by atoms with Crippen LogP contribution in [0.5, 0.6) is 0 Å². The van der Waals surface area contributed by atoms with Gasteiger partial charge in [0.15, 0.2) is 26.7 Å². The highest BCUT2D eigenvalue weighted by Crippen LogP contribution is 3.59. The van der Waals surface area contributed by atoms with E-state index >= 15 is 0 Å². The molecular formula is HP4+. The summed E-state index contributed by atoms with van der Waals surface area (Å²) in [5.41, 5.74) is 0. The van der Waals surface area contributed by atoms with Gasteiger partial charge in [-0.15, -0.1) is 0 Å². The summed E-state index contributed by atoms with van der Waals surface area (Å²) in [5.74, 6) is 0. The van der Waals surface area contributed by atoms with Crippen molar-refractivity contribution in [3.05, 3.63) is 0 Å². The Hall–Kier alpha value is 1.33. The zero-order chi connectivity index (χ0) is 2.31.